The van der Waals surface area contributed by atoms with Gasteiger partial charge in [-0.05, 0) is 80.5 Å². The Kier molecular flexibility index (Phi) is 5.74. The molecule has 2 aliphatic carbocycles. The molecule has 1 fully saturated rings. The number of aryl methyl sites for hydroxylation is 1. The van der Waals surface area contributed by atoms with Crippen molar-refractivity contribution >= 4 is 40.4 Å². The molecule has 1 aromatic carbocycles. The fraction of sp³-hybridized carbons (Fsp3) is 0.407. The first-order valence-electron chi connectivity index (χ1n) is 12.3. The Bertz CT molecular complexity index is 1240. The van der Waals surface area contributed by atoms with Gasteiger partial charge in [-0.1, -0.05) is 30.9 Å². The van der Waals surface area contributed by atoms with E-state index in [1.54, 1.807) is 28.4 Å². The minimum atomic E-state index is -0.746. The molecular weight excluding hydrogens is 466 g/mol. The van der Waals surface area contributed by atoms with Gasteiger partial charge in [-0.25, -0.2) is 0 Å². The molecule has 1 N–H and O–H groups in total. The van der Waals surface area contributed by atoms with Crippen molar-refractivity contribution in [2.45, 2.75) is 69.9 Å². The quantitative estimate of drug-likeness (QED) is 0.470. The molecule has 0 radical (unpaired) electrons. The highest BCUT2D eigenvalue weighted by Gasteiger charge is 2.42. The molecule has 6 rings (SSSR count). The van der Waals surface area contributed by atoms with Crippen LogP contribution >= 0.6 is 22.9 Å². The normalized spacial score (nSPS) is 20.3. The van der Waals surface area contributed by atoms with Crippen molar-refractivity contribution in [3.63, 3.8) is 0 Å². The maximum atomic E-state index is 14.3. The molecule has 1 aliphatic heterocycles. The molecule has 0 saturated heterocycles. The topological polar surface area (TPSA) is 54.3 Å². The maximum Gasteiger partial charge on any atom is 0.262 e. The van der Waals surface area contributed by atoms with Gasteiger partial charge in [0.15, 0.2) is 6.04 Å². The Morgan fingerprint density at radius 3 is 2.56 bits per heavy atom. The number of hydrogen-bond donors (Lipinski definition) is 1. The monoisotopic (exact) mass is 493 g/mol. The van der Waals surface area contributed by atoms with Gasteiger partial charge in [0.2, 0.25) is 5.91 Å². The zero-order valence-electron chi connectivity index (χ0n) is 19.1. The van der Waals surface area contributed by atoms with Crippen LogP contribution in [0.5, 0.6) is 0 Å². The van der Waals surface area contributed by atoms with Crippen molar-refractivity contribution in [1.29, 1.82) is 0 Å². The van der Waals surface area contributed by atoms with Gasteiger partial charge in [-0.15, -0.1) is 11.3 Å². The molecule has 7 heteroatoms. The van der Waals surface area contributed by atoms with Crippen molar-refractivity contribution in [3.05, 3.63) is 69.3 Å². The van der Waals surface area contributed by atoms with Crippen LogP contribution in [0.2, 0.25) is 5.02 Å². The minimum Gasteiger partial charge on any atom is -0.351 e. The lowest BCUT2D eigenvalue weighted by atomic mass is 9.94. The van der Waals surface area contributed by atoms with E-state index >= 15 is 0 Å². The Labute approximate surface area is 208 Å². The molecule has 1 saturated carbocycles. The number of hydrogen-bond acceptors (Lipinski definition) is 3. The highest BCUT2D eigenvalue weighted by Crippen LogP contribution is 2.44. The number of carbonyl (C=O) groups is 2. The van der Waals surface area contributed by atoms with Crippen LogP contribution in [-0.4, -0.2) is 22.4 Å². The van der Waals surface area contributed by atoms with Gasteiger partial charge in [-0.2, -0.15) is 0 Å². The SMILES string of the molecule is O=C(NC1CCCCC1)C1c2cccn2-c2sc3c(c2C(=O)N1c1ccc(Cl)cc1)CCCC3. The second-order valence-electron chi connectivity index (χ2n) is 9.59. The van der Waals surface area contributed by atoms with E-state index in [-0.39, 0.29) is 17.9 Å². The van der Waals surface area contributed by atoms with Gasteiger partial charge >= 0.3 is 0 Å². The number of anilines is 1. The van der Waals surface area contributed by atoms with Crippen molar-refractivity contribution in [2.24, 2.45) is 0 Å². The van der Waals surface area contributed by atoms with E-state index in [9.17, 15) is 9.59 Å². The van der Waals surface area contributed by atoms with Crippen LogP contribution in [0, 0.1) is 0 Å². The lowest BCUT2D eigenvalue weighted by molar-refractivity contribution is -0.123. The van der Waals surface area contributed by atoms with E-state index in [0.29, 0.717) is 10.7 Å². The van der Waals surface area contributed by atoms with Gasteiger partial charge < -0.3 is 9.88 Å². The van der Waals surface area contributed by atoms with Crippen molar-refractivity contribution in [1.82, 2.24) is 9.88 Å². The van der Waals surface area contributed by atoms with Crippen LogP contribution in [0.4, 0.5) is 5.69 Å². The maximum absolute atomic E-state index is 14.3. The van der Waals surface area contributed by atoms with Gasteiger partial charge in [0.05, 0.1) is 11.3 Å². The summed E-state index contributed by atoms with van der Waals surface area (Å²) < 4.78 is 2.08. The van der Waals surface area contributed by atoms with Crippen molar-refractivity contribution < 1.29 is 9.59 Å². The first-order chi connectivity index (χ1) is 16.6. The largest absolute Gasteiger partial charge is 0.351 e. The highest BCUT2D eigenvalue weighted by atomic mass is 35.5. The van der Waals surface area contributed by atoms with Crippen LogP contribution in [0.3, 0.4) is 0 Å². The average molecular weight is 494 g/mol. The predicted molar refractivity (Wildman–Crippen MR) is 136 cm³/mol. The van der Waals surface area contributed by atoms with E-state index in [2.05, 4.69) is 9.88 Å². The molecule has 3 heterocycles. The number of fused-ring (bicyclic) bond motifs is 5. The molecule has 3 aromatic rings. The Morgan fingerprint density at radius 1 is 1.00 bits per heavy atom. The Morgan fingerprint density at radius 2 is 1.76 bits per heavy atom. The summed E-state index contributed by atoms with van der Waals surface area (Å²) in [5.41, 5.74) is 3.45. The molecule has 5 nitrogen and oxygen atoms in total. The van der Waals surface area contributed by atoms with Crippen LogP contribution in [-0.2, 0) is 17.6 Å². The number of aromatic nitrogens is 1. The molecule has 0 spiro atoms. The first-order valence-corrected chi connectivity index (χ1v) is 13.5. The summed E-state index contributed by atoms with van der Waals surface area (Å²) >= 11 is 7.90. The van der Waals surface area contributed by atoms with E-state index in [0.717, 1.165) is 67.6 Å². The third-order valence-electron chi connectivity index (χ3n) is 7.43. The van der Waals surface area contributed by atoms with Crippen LogP contribution in [0.25, 0.3) is 5.00 Å². The molecule has 34 heavy (non-hydrogen) atoms. The number of thiophene rings is 1. The fourth-order valence-electron chi connectivity index (χ4n) is 5.76. The zero-order valence-corrected chi connectivity index (χ0v) is 20.6. The summed E-state index contributed by atoms with van der Waals surface area (Å²) in [6.07, 6.45) is 11.7. The fourth-order valence-corrected chi connectivity index (χ4v) is 7.27. The minimum absolute atomic E-state index is 0.0933. The number of benzene rings is 1. The number of nitrogens with zero attached hydrogens (tertiary/aromatic N) is 2. The molecular formula is C27H28ClN3O2S. The zero-order chi connectivity index (χ0) is 23.2. The van der Waals surface area contributed by atoms with E-state index < -0.39 is 6.04 Å². The number of halogens is 1. The number of amides is 2. The van der Waals surface area contributed by atoms with Crippen LogP contribution in [0.15, 0.2) is 42.6 Å². The molecule has 176 valence electrons. The highest BCUT2D eigenvalue weighted by molar-refractivity contribution is 7.15. The van der Waals surface area contributed by atoms with Crippen molar-refractivity contribution in [2.75, 3.05) is 4.90 Å². The molecule has 3 aliphatic rings. The summed E-state index contributed by atoms with van der Waals surface area (Å²) in [5.74, 6) is -0.205. The lowest BCUT2D eigenvalue weighted by Crippen LogP contribution is -2.47. The molecule has 2 aromatic heterocycles. The Balaban J connectivity index is 1.51. The molecule has 0 bridgehead atoms. The van der Waals surface area contributed by atoms with Crippen LogP contribution < -0.4 is 10.2 Å². The smallest absolute Gasteiger partial charge is 0.262 e. The average Bonchev–Trinajstić information content (AvgIpc) is 3.46. The third kappa shape index (κ3) is 3.68. The van der Waals surface area contributed by atoms with Gasteiger partial charge in [-0.3, -0.25) is 14.5 Å². The number of carbonyl (C=O) groups excluding carboxylic acids is 2. The second-order valence-corrected chi connectivity index (χ2v) is 11.1. The number of nitrogens with one attached hydrogen (secondary N) is 1. The van der Waals surface area contributed by atoms with E-state index in [4.69, 9.17) is 11.6 Å². The third-order valence-corrected chi connectivity index (χ3v) is 8.97. The lowest BCUT2D eigenvalue weighted by Gasteiger charge is -2.32. The van der Waals surface area contributed by atoms with Gasteiger partial charge in [0, 0.05) is 27.8 Å². The summed E-state index contributed by atoms with van der Waals surface area (Å²) in [7, 11) is 0. The molecule has 1 unspecified atom stereocenters. The standard InChI is InChI=1S/C27H28ClN3O2S/c28-17-12-14-19(15-13-17)31-24(25(32)29-18-7-2-1-3-8-18)21-10-6-16-30(21)27-23(26(31)33)20-9-4-5-11-22(20)34-27/h6,10,12-16,18,24H,1-5,7-9,11H2,(H,29,32). The Hall–Kier alpha value is -2.57. The summed E-state index contributed by atoms with van der Waals surface area (Å²) in [5, 5.41) is 4.84. The summed E-state index contributed by atoms with van der Waals surface area (Å²) in [6, 6.07) is 10.6. The summed E-state index contributed by atoms with van der Waals surface area (Å²) in [4.78, 5) is 31.2. The van der Waals surface area contributed by atoms with Gasteiger partial charge in [0.25, 0.3) is 5.91 Å². The van der Waals surface area contributed by atoms with Crippen molar-refractivity contribution in [3.8, 4) is 5.00 Å². The molecule has 1 atom stereocenters. The van der Waals surface area contributed by atoms with Gasteiger partial charge in [0.1, 0.15) is 5.00 Å². The van der Waals surface area contributed by atoms with E-state index in [1.165, 1.54) is 16.9 Å². The summed E-state index contributed by atoms with van der Waals surface area (Å²) in [6.45, 7) is 0. The van der Waals surface area contributed by atoms with Crippen LogP contribution in [0.1, 0.15) is 77.5 Å². The second kappa shape index (κ2) is 8.90. The first kappa shape index (κ1) is 21.9. The molecule has 2 amide bonds. The van der Waals surface area contributed by atoms with E-state index in [1.807, 2.05) is 30.5 Å². The predicted octanol–water partition coefficient (Wildman–Crippen LogP) is 6.22. The number of rotatable bonds is 3.